The summed E-state index contributed by atoms with van der Waals surface area (Å²) in [7, 11) is 0. The minimum atomic E-state index is -1.37. The zero-order valence-electron chi connectivity index (χ0n) is 14.1. The van der Waals surface area contributed by atoms with Crippen LogP contribution in [0, 0.1) is 6.92 Å². The van der Waals surface area contributed by atoms with Crippen molar-refractivity contribution in [3.05, 3.63) is 74.6 Å². The average molecular weight is 386 g/mol. The van der Waals surface area contributed by atoms with Crippen molar-refractivity contribution in [2.45, 2.75) is 12.5 Å². The van der Waals surface area contributed by atoms with Crippen LogP contribution >= 0.6 is 22.7 Å². The Balaban J connectivity index is 1.70. The summed E-state index contributed by atoms with van der Waals surface area (Å²) >= 11 is 2.86. The van der Waals surface area contributed by atoms with Crippen molar-refractivity contribution in [1.82, 2.24) is 5.32 Å². The van der Waals surface area contributed by atoms with Gasteiger partial charge in [0, 0.05) is 16.1 Å². The Bertz CT molecular complexity index is 855. The number of anilines is 1. The number of aliphatic hydroxyl groups is 1. The summed E-state index contributed by atoms with van der Waals surface area (Å²) in [6, 6.07) is 12.7. The van der Waals surface area contributed by atoms with E-state index in [0.29, 0.717) is 16.1 Å². The first-order valence-electron chi connectivity index (χ1n) is 7.94. The summed E-state index contributed by atoms with van der Waals surface area (Å²) in [6.45, 7) is 1.75. The zero-order valence-corrected chi connectivity index (χ0v) is 15.7. The van der Waals surface area contributed by atoms with Crippen LogP contribution in [0.15, 0.2) is 58.6 Å². The minimum Gasteiger partial charge on any atom is -0.378 e. The summed E-state index contributed by atoms with van der Waals surface area (Å²) < 4.78 is 0. The molecule has 0 bridgehead atoms. The lowest BCUT2D eigenvalue weighted by Crippen LogP contribution is -2.44. The first-order valence-corrected chi connectivity index (χ1v) is 9.77. The number of amides is 2. The van der Waals surface area contributed by atoms with Crippen molar-refractivity contribution >= 4 is 40.2 Å². The summed E-state index contributed by atoms with van der Waals surface area (Å²) in [5.41, 5.74) is 0.762. The normalized spacial score (nSPS) is 13.0. The van der Waals surface area contributed by atoms with E-state index in [9.17, 15) is 14.7 Å². The van der Waals surface area contributed by atoms with Gasteiger partial charge in [0.15, 0.2) is 0 Å². The van der Waals surface area contributed by atoms with E-state index in [1.807, 2.05) is 53.4 Å². The number of carbonyl (C=O) groups excluding carboxylic acids is 2. The van der Waals surface area contributed by atoms with Crippen LogP contribution in [-0.2, 0) is 15.2 Å². The topological polar surface area (TPSA) is 78.4 Å². The second-order valence-electron chi connectivity index (χ2n) is 5.80. The van der Waals surface area contributed by atoms with Gasteiger partial charge >= 0.3 is 11.8 Å². The SMILES string of the molecule is Cc1ccccc1NC(=O)C(=O)NCC(O)(c1ccsc1)c1cccs1. The number of carbonyl (C=O) groups is 2. The number of hydrogen-bond acceptors (Lipinski definition) is 5. The molecule has 0 radical (unpaired) electrons. The Kier molecular flexibility index (Phi) is 5.51. The molecule has 1 aromatic carbocycles. The second kappa shape index (κ2) is 7.82. The first kappa shape index (κ1) is 18.3. The van der Waals surface area contributed by atoms with Gasteiger partial charge in [-0.3, -0.25) is 9.59 Å². The van der Waals surface area contributed by atoms with E-state index in [1.54, 1.807) is 12.1 Å². The van der Waals surface area contributed by atoms with Gasteiger partial charge in [-0.2, -0.15) is 11.3 Å². The number of hydrogen-bond donors (Lipinski definition) is 3. The van der Waals surface area contributed by atoms with Gasteiger partial charge in [0.05, 0.1) is 6.54 Å². The zero-order chi connectivity index (χ0) is 18.6. The van der Waals surface area contributed by atoms with Crippen molar-refractivity contribution in [1.29, 1.82) is 0 Å². The molecule has 1 unspecified atom stereocenters. The Labute approximate surface area is 159 Å². The third-order valence-electron chi connectivity index (χ3n) is 4.03. The van der Waals surface area contributed by atoms with Crippen LogP contribution in [0.3, 0.4) is 0 Å². The molecule has 3 N–H and O–H groups in total. The second-order valence-corrected chi connectivity index (χ2v) is 7.53. The van der Waals surface area contributed by atoms with Crippen LogP contribution in [-0.4, -0.2) is 23.5 Å². The van der Waals surface area contributed by atoms with Crippen LogP contribution in [0.1, 0.15) is 16.0 Å². The number of nitrogens with one attached hydrogen (secondary N) is 2. The maximum absolute atomic E-state index is 12.2. The highest BCUT2D eigenvalue weighted by Gasteiger charge is 2.34. The molecule has 0 aliphatic heterocycles. The van der Waals surface area contributed by atoms with Crippen molar-refractivity contribution in [3.63, 3.8) is 0 Å². The largest absolute Gasteiger partial charge is 0.378 e. The lowest BCUT2D eigenvalue weighted by Gasteiger charge is -2.26. The molecule has 26 heavy (non-hydrogen) atoms. The van der Waals surface area contributed by atoms with Crippen LogP contribution in [0.5, 0.6) is 0 Å². The molecule has 2 amide bonds. The fourth-order valence-corrected chi connectivity index (χ4v) is 4.10. The summed E-state index contributed by atoms with van der Waals surface area (Å²) in [5, 5.41) is 21.9. The van der Waals surface area contributed by atoms with Gasteiger partial charge in [0.1, 0.15) is 5.60 Å². The molecular weight excluding hydrogens is 368 g/mol. The maximum atomic E-state index is 12.2. The summed E-state index contributed by atoms with van der Waals surface area (Å²) in [6.07, 6.45) is 0. The van der Waals surface area contributed by atoms with Gasteiger partial charge in [-0.05, 0) is 46.8 Å². The smallest absolute Gasteiger partial charge is 0.313 e. The lowest BCUT2D eigenvalue weighted by molar-refractivity contribution is -0.136. The first-order chi connectivity index (χ1) is 12.5. The van der Waals surface area contributed by atoms with Crippen LogP contribution < -0.4 is 10.6 Å². The van der Waals surface area contributed by atoms with Gasteiger partial charge in [-0.15, -0.1) is 11.3 Å². The molecule has 0 aliphatic rings. The molecule has 2 heterocycles. The maximum Gasteiger partial charge on any atom is 0.313 e. The molecule has 7 heteroatoms. The fourth-order valence-electron chi connectivity index (χ4n) is 2.53. The van der Waals surface area contributed by atoms with Gasteiger partial charge in [0.25, 0.3) is 0 Å². The summed E-state index contributed by atoms with van der Waals surface area (Å²) in [5.74, 6) is -1.56. The molecule has 134 valence electrons. The van der Waals surface area contributed by atoms with Crippen molar-refractivity contribution in [2.75, 3.05) is 11.9 Å². The van der Waals surface area contributed by atoms with Gasteiger partial charge in [-0.25, -0.2) is 0 Å². The number of thiophene rings is 2. The Morgan fingerprint density at radius 1 is 1.08 bits per heavy atom. The van der Waals surface area contributed by atoms with E-state index in [-0.39, 0.29) is 6.54 Å². The van der Waals surface area contributed by atoms with Gasteiger partial charge in [-0.1, -0.05) is 24.3 Å². The van der Waals surface area contributed by atoms with Crippen molar-refractivity contribution in [3.8, 4) is 0 Å². The van der Waals surface area contributed by atoms with E-state index < -0.39 is 17.4 Å². The van der Waals surface area contributed by atoms with Crippen molar-refractivity contribution in [2.24, 2.45) is 0 Å². The predicted molar refractivity (Wildman–Crippen MR) is 104 cm³/mol. The molecule has 0 saturated heterocycles. The molecule has 5 nitrogen and oxygen atoms in total. The van der Waals surface area contributed by atoms with E-state index in [1.165, 1.54) is 22.7 Å². The van der Waals surface area contributed by atoms with E-state index in [0.717, 1.165) is 5.56 Å². The van der Waals surface area contributed by atoms with E-state index in [4.69, 9.17) is 0 Å². The van der Waals surface area contributed by atoms with Gasteiger partial charge in [0.2, 0.25) is 0 Å². The molecule has 0 fully saturated rings. The van der Waals surface area contributed by atoms with E-state index >= 15 is 0 Å². The Hall–Kier alpha value is -2.48. The van der Waals surface area contributed by atoms with Crippen LogP contribution in [0.25, 0.3) is 0 Å². The standard InChI is InChI=1S/C19H18N2O3S2/c1-13-5-2-3-6-15(13)21-18(23)17(22)20-12-19(24,14-8-10-25-11-14)16-7-4-9-26-16/h2-11,24H,12H2,1H3,(H,20,22)(H,21,23). The molecule has 3 rings (SSSR count). The van der Waals surface area contributed by atoms with Gasteiger partial charge < -0.3 is 15.7 Å². The highest BCUT2D eigenvalue weighted by molar-refractivity contribution is 7.10. The van der Waals surface area contributed by atoms with Crippen LogP contribution in [0.4, 0.5) is 5.69 Å². The Morgan fingerprint density at radius 3 is 2.54 bits per heavy atom. The van der Waals surface area contributed by atoms with E-state index in [2.05, 4.69) is 10.6 Å². The quantitative estimate of drug-likeness (QED) is 0.590. The highest BCUT2D eigenvalue weighted by atomic mass is 32.1. The molecule has 0 spiro atoms. The highest BCUT2D eigenvalue weighted by Crippen LogP contribution is 2.33. The molecule has 1 atom stereocenters. The summed E-state index contributed by atoms with van der Waals surface area (Å²) in [4.78, 5) is 25.1. The monoisotopic (exact) mass is 386 g/mol. The molecule has 3 aromatic rings. The number of aryl methyl sites for hydroxylation is 1. The molecular formula is C19H18N2O3S2. The third kappa shape index (κ3) is 3.85. The van der Waals surface area contributed by atoms with Crippen LogP contribution in [0.2, 0.25) is 0 Å². The fraction of sp³-hybridized carbons (Fsp3) is 0.158. The molecule has 0 aliphatic carbocycles. The number of para-hydroxylation sites is 1. The Morgan fingerprint density at radius 2 is 1.88 bits per heavy atom. The van der Waals surface area contributed by atoms with Crippen molar-refractivity contribution < 1.29 is 14.7 Å². The number of rotatable bonds is 5. The molecule has 2 aromatic heterocycles. The molecule has 0 saturated carbocycles. The minimum absolute atomic E-state index is 0.0930. The lowest BCUT2D eigenvalue weighted by atomic mass is 9.94. The number of benzene rings is 1. The average Bonchev–Trinajstić information content (AvgIpc) is 3.35. The third-order valence-corrected chi connectivity index (χ3v) is 5.74. The predicted octanol–water partition coefficient (Wildman–Crippen LogP) is 3.11.